The fourth-order valence-corrected chi connectivity index (χ4v) is 4.17. The third-order valence-corrected chi connectivity index (χ3v) is 5.95. The second-order valence-electron chi connectivity index (χ2n) is 7.14. The number of rotatable bonds is 8. The summed E-state index contributed by atoms with van der Waals surface area (Å²) in [6, 6.07) is 0. The summed E-state index contributed by atoms with van der Waals surface area (Å²) < 4.78 is 0. The molecule has 0 atom stereocenters. The van der Waals surface area contributed by atoms with Crippen LogP contribution >= 0.6 is 46.7 Å². The van der Waals surface area contributed by atoms with E-state index in [4.69, 9.17) is 4.98 Å². The van der Waals surface area contributed by atoms with Gasteiger partial charge in [0.1, 0.15) is 0 Å². The number of guanidine groups is 1. The summed E-state index contributed by atoms with van der Waals surface area (Å²) in [4.78, 5) is 15.2. The first-order valence-corrected chi connectivity index (χ1v) is 11.0. The Hall–Kier alpha value is -0.740. The first-order chi connectivity index (χ1) is 12.4. The maximum Gasteiger partial charge on any atom is 0.191 e. The zero-order chi connectivity index (χ0) is 19.0. The summed E-state index contributed by atoms with van der Waals surface area (Å²) >= 11 is 3.53. The Bertz CT molecular complexity index is 703. The standard InChI is InChI=1S/C19H31N5S2.HI/c1-6-14-12-23-16(26-14)8-10-21-18(20-7-2)22-11-9-17-24-15(13-25-17)19(3,4)5;/h12-13H,6-11H2,1-5H3,(H2,20,21,22);1H. The molecular formula is C19H32IN5S2. The van der Waals surface area contributed by atoms with E-state index in [0.29, 0.717) is 0 Å². The molecule has 27 heavy (non-hydrogen) atoms. The lowest BCUT2D eigenvalue weighted by Crippen LogP contribution is -2.38. The van der Waals surface area contributed by atoms with Crippen LogP contribution in [0.3, 0.4) is 0 Å². The number of halogens is 1. The summed E-state index contributed by atoms with van der Waals surface area (Å²) in [5.41, 5.74) is 1.28. The van der Waals surface area contributed by atoms with E-state index in [0.717, 1.165) is 49.9 Å². The highest BCUT2D eigenvalue weighted by Gasteiger charge is 2.17. The molecule has 0 radical (unpaired) electrons. The average molecular weight is 522 g/mol. The second-order valence-corrected chi connectivity index (χ2v) is 9.28. The molecular weight excluding hydrogens is 489 g/mol. The van der Waals surface area contributed by atoms with Crippen LogP contribution in [0.25, 0.3) is 0 Å². The normalized spacial score (nSPS) is 12.0. The van der Waals surface area contributed by atoms with Crippen LogP contribution in [0.4, 0.5) is 0 Å². The molecule has 2 aromatic rings. The van der Waals surface area contributed by atoms with E-state index < -0.39 is 0 Å². The maximum absolute atomic E-state index is 4.74. The molecule has 0 amide bonds. The van der Waals surface area contributed by atoms with E-state index in [2.05, 4.69) is 60.6 Å². The zero-order valence-corrected chi connectivity index (χ0v) is 20.9. The smallest absolute Gasteiger partial charge is 0.191 e. The van der Waals surface area contributed by atoms with Crippen molar-refractivity contribution in [2.45, 2.75) is 59.3 Å². The van der Waals surface area contributed by atoms with Gasteiger partial charge in [-0.15, -0.1) is 46.7 Å². The van der Waals surface area contributed by atoms with Crippen molar-refractivity contribution in [3.8, 4) is 0 Å². The van der Waals surface area contributed by atoms with Crippen molar-refractivity contribution in [3.05, 3.63) is 32.2 Å². The molecule has 0 saturated heterocycles. The molecule has 5 nitrogen and oxygen atoms in total. The van der Waals surface area contributed by atoms with Crippen molar-refractivity contribution in [1.82, 2.24) is 20.6 Å². The molecule has 0 aliphatic heterocycles. The van der Waals surface area contributed by atoms with Crippen molar-refractivity contribution >= 4 is 52.6 Å². The second kappa shape index (κ2) is 12.0. The molecule has 0 aromatic carbocycles. The van der Waals surface area contributed by atoms with Crippen molar-refractivity contribution in [2.75, 3.05) is 19.6 Å². The number of hydrogen-bond acceptors (Lipinski definition) is 5. The molecule has 0 saturated carbocycles. The minimum Gasteiger partial charge on any atom is -0.357 e. The first-order valence-electron chi connectivity index (χ1n) is 9.33. The van der Waals surface area contributed by atoms with Gasteiger partial charge in [0.2, 0.25) is 0 Å². The monoisotopic (exact) mass is 521 g/mol. The molecule has 152 valence electrons. The molecule has 0 unspecified atom stereocenters. The molecule has 8 heteroatoms. The summed E-state index contributed by atoms with van der Waals surface area (Å²) in [6.45, 7) is 13.3. The Balaban J connectivity index is 0.00000364. The van der Waals surface area contributed by atoms with Gasteiger partial charge >= 0.3 is 0 Å². The topological polar surface area (TPSA) is 62.2 Å². The lowest BCUT2D eigenvalue weighted by atomic mass is 9.93. The van der Waals surface area contributed by atoms with Gasteiger partial charge in [0.15, 0.2) is 5.96 Å². The minimum atomic E-state index is 0. The predicted molar refractivity (Wildman–Crippen MR) is 129 cm³/mol. The molecule has 0 spiro atoms. The Morgan fingerprint density at radius 3 is 2.52 bits per heavy atom. The molecule has 2 aromatic heterocycles. The Morgan fingerprint density at radius 1 is 1.15 bits per heavy atom. The quantitative estimate of drug-likeness (QED) is 0.307. The van der Waals surface area contributed by atoms with Crippen molar-refractivity contribution in [1.29, 1.82) is 0 Å². The number of aromatic nitrogens is 2. The van der Waals surface area contributed by atoms with Gasteiger partial charge in [0.05, 0.1) is 15.7 Å². The Kier molecular flexibility index (Phi) is 10.8. The van der Waals surface area contributed by atoms with E-state index >= 15 is 0 Å². The van der Waals surface area contributed by atoms with Crippen LogP contribution in [0, 0.1) is 0 Å². The van der Waals surface area contributed by atoms with Gasteiger partial charge in [-0.1, -0.05) is 27.7 Å². The third-order valence-electron chi connectivity index (χ3n) is 3.84. The molecule has 2 heterocycles. The fraction of sp³-hybridized carbons (Fsp3) is 0.632. The highest BCUT2D eigenvalue weighted by atomic mass is 127. The van der Waals surface area contributed by atoms with E-state index in [1.165, 1.54) is 15.6 Å². The average Bonchev–Trinajstić information content (AvgIpc) is 3.23. The highest BCUT2D eigenvalue weighted by Crippen LogP contribution is 2.24. The molecule has 0 fully saturated rings. The van der Waals surface area contributed by atoms with Gasteiger partial charge in [-0.2, -0.15) is 0 Å². The van der Waals surface area contributed by atoms with Crippen LogP contribution in [-0.2, 0) is 24.7 Å². The van der Waals surface area contributed by atoms with Gasteiger partial charge in [-0.3, -0.25) is 4.99 Å². The Labute approximate surface area is 188 Å². The van der Waals surface area contributed by atoms with Crippen LogP contribution in [0.15, 0.2) is 16.6 Å². The number of aliphatic imine (C=N–C) groups is 1. The number of thiazole rings is 2. The SMILES string of the molecule is CCNC(=NCCc1nc(C(C)(C)C)cs1)NCCc1ncc(CC)s1.I. The zero-order valence-electron chi connectivity index (χ0n) is 17.0. The third kappa shape index (κ3) is 8.43. The van der Waals surface area contributed by atoms with Gasteiger partial charge < -0.3 is 10.6 Å². The van der Waals surface area contributed by atoms with Crippen LogP contribution in [0.2, 0.25) is 0 Å². The summed E-state index contributed by atoms with van der Waals surface area (Å²) in [5.74, 6) is 0.868. The highest BCUT2D eigenvalue weighted by molar-refractivity contribution is 14.0. The van der Waals surface area contributed by atoms with Crippen LogP contribution in [-0.4, -0.2) is 35.6 Å². The first kappa shape index (κ1) is 24.3. The van der Waals surface area contributed by atoms with E-state index in [1.54, 1.807) is 22.7 Å². The van der Waals surface area contributed by atoms with Crippen molar-refractivity contribution in [2.24, 2.45) is 4.99 Å². The summed E-state index contributed by atoms with van der Waals surface area (Å²) in [6.07, 6.45) is 4.85. The lowest BCUT2D eigenvalue weighted by molar-refractivity contribution is 0.571. The molecule has 2 rings (SSSR count). The predicted octanol–water partition coefficient (Wildman–Crippen LogP) is 4.42. The minimum absolute atomic E-state index is 0. The van der Waals surface area contributed by atoms with Gasteiger partial charge in [0.25, 0.3) is 0 Å². The van der Waals surface area contributed by atoms with Gasteiger partial charge in [-0.05, 0) is 13.3 Å². The summed E-state index contributed by atoms with van der Waals surface area (Å²) in [5, 5.41) is 11.2. The molecule has 2 N–H and O–H groups in total. The summed E-state index contributed by atoms with van der Waals surface area (Å²) in [7, 11) is 0. The van der Waals surface area contributed by atoms with Crippen LogP contribution < -0.4 is 10.6 Å². The number of nitrogens with zero attached hydrogens (tertiary/aromatic N) is 3. The van der Waals surface area contributed by atoms with Gasteiger partial charge in [0, 0.05) is 54.3 Å². The van der Waals surface area contributed by atoms with Gasteiger partial charge in [-0.25, -0.2) is 9.97 Å². The molecule has 0 bridgehead atoms. The maximum atomic E-state index is 4.74. The number of hydrogen-bond donors (Lipinski definition) is 2. The largest absolute Gasteiger partial charge is 0.357 e. The molecule has 0 aliphatic rings. The van der Waals surface area contributed by atoms with Crippen LogP contribution in [0.5, 0.6) is 0 Å². The van der Waals surface area contributed by atoms with Crippen molar-refractivity contribution in [3.63, 3.8) is 0 Å². The lowest BCUT2D eigenvalue weighted by Gasteiger charge is -2.14. The fourth-order valence-electron chi connectivity index (χ4n) is 2.29. The van der Waals surface area contributed by atoms with E-state index in [1.807, 2.05) is 6.20 Å². The van der Waals surface area contributed by atoms with Crippen LogP contribution in [0.1, 0.15) is 55.2 Å². The van der Waals surface area contributed by atoms with E-state index in [9.17, 15) is 0 Å². The molecule has 0 aliphatic carbocycles. The van der Waals surface area contributed by atoms with Crippen molar-refractivity contribution < 1.29 is 0 Å². The van der Waals surface area contributed by atoms with E-state index in [-0.39, 0.29) is 29.4 Å². The Morgan fingerprint density at radius 2 is 1.93 bits per heavy atom. The number of nitrogens with one attached hydrogen (secondary N) is 2. The number of aryl methyl sites for hydroxylation is 1.